The summed E-state index contributed by atoms with van der Waals surface area (Å²) in [5, 5.41) is 5.07. The zero-order valence-electron chi connectivity index (χ0n) is 14.1. The minimum atomic E-state index is -0.00339. The highest BCUT2D eigenvalue weighted by Gasteiger charge is 2.44. The summed E-state index contributed by atoms with van der Waals surface area (Å²) in [5.74, 6) is 1.30. The van der Waals surface area contributed by atoms with Crippen molar-refractivity contribution >= 4 is 17.2 Å². The summed E-state index contributed by atoms with van der Waals surface area (Å²) in [7, 11) is 0. The number of amides is 1. The Morgan fingerprint density at radius 3 is 2.72 bits per heavy atom. The highest BCUT2D eigenvalue weighted by molar-refractivity contribution is 7.13. The Labute approximate surface area is 150 Å². The van der Waals surface area contributed by atoms with Crippen molar-refractivity contribution in [3.63, 3.8) is 0 Å². The second-order valence-corrected chi connectivity index (χ2v) is 7.55. The number of hydrogen-bond donors (Lipinski definition) is 1. The lowest BCUT2D eigenvalue weighted by molar-refractivity contribution is -0.120. The Morgan fingerprint density at radius 2 is 2.04 bits per heavy atom. The molecule has 1 N–H and O–H groups in total. The smallest absolute Gasteiger partial charge is 0.236 e. The molecule has 128 valence electrons. The Balaban J connectivity index is 1.38. The van der Waals surface area contributed by atoms with E-state index in [1.807, 2.05) is 30.5 Å². The van der Waals surface area contributed by atoms with Crippen LogP contribution in [-0.2, 0) is 16.6 Å². The number of nitrogens with zero attached hydrogens (tertiary/aromatic N) is 1. The van der Waals surface area contributed by atoms with Crippen molar-refractivity contribution in [1.82, 2.24) is 10.3 Å². The molecule has 0 saturated heterocycles. The number of aryl methyl sites for hydroxylation is 1. The third-order valence-corrected chi connectivity index (χ3v) is 5.67. The molecule has 5 heteroatoms. The van der Waals surface area contributed by atoms with E-state index >= 15 is 0 Å². The molecule has 3 aromatic rings. The summed E-state index contributed by atoms with van der Waals surface area (Å²) >= 11 is 1.58. The topological polar surface area (TPSA) is 55.1 Å². The van der Waals surface area contributed by atoms with Crippen molar-refractivity contribution < 1.29 is 9.21 Å². The van der Waals surface area contributed by atoms with E-state index in [9.17, 15) is 4.79 Å². The molecular formula is C20H20N2O2S. The molecule has 2 aromatic heterocycles. The molecule has 1 fully saturated rings. The van der Waals surface area contributed by atoms with Crippen LogP contribution in [0.2, 0.25) is 0 Å². The van der Waals surface area contributed by atoms with E-state index in [-0.39, 0.29) is 17.7 Å². The number of carbonyl (C=O) groups is 1. The maximum absolute atomic E-state index is 12.4. The number of aromatic nitrogens is 1. The van der Waals surface area contributed by atoms with Crippen LogP contribution in [0.3, 0.4) is 0 Å². The molecule has 0 radical (unpaired) electrons. The average molecular weight is 352 g/mol. The molecule has 4 rings (SSSR count). The maximum atomic E-state index is 12.4. The molecule has 1 amide bonds. The van der Waals surface area contributed by atoms with Crippen LogP contribution in [-0.4, -0.2) is 17.4 Å². The summed E-state index contributed by atoms with van der Waals surface area (Å²) in [5.41, 5.74) is 2.15. The Kier molecular flexibility index (Phi) is 4.17. The molecular weight excluding hydrogens is 332 g/mol. The molecule has 1 aromatic carbocycles. The third kappa shape index (κ3) is 3.37. The summed E-state index contributed by atoms with van der Waals surface area (Å²) in [6.45, 7) is 2.55. The van der Waals surface area contributed by atoms with Crippen molar-refractivity contribution in [3.05, 3.63) is 64.9 Å². The van der Waals surface area contributed by atoms with Gasteiger partial charge in [0.2, 0.25) is 11.8 Å². The highest BCUT2D eigenvalue weighted by atomic mass is 32.1. The van der Waals surface area contributed by atoms with Gasteiger partial charge >= 0.3 is 0 Å². The molecule has 4 nitrogen and oxygen atoms in total. The molecule has 0 aliphatic heterocycles. The van der Waals surface area contributed by atoms with Gasteiger partial charge in [-0.25, -0.2) is 4.98 Å². The average Bonchev–Trinajstić information content (AvgIpc) is 3.05. The summed E-state index contributed by atoms with van der Waals surface area (Å²) < 4.78 is 5.71. The van der Waals surface area contributed by atoms with Crippen molar-refractivity contribution in [2.75, 3.05) is 6.54 Å². The van der Waals surface area contributed by atoms with Gasteiger partial charge in [0.25, 0.3) is 0 Å². The van der Waals surface area contributed by atoms with Gasteiger partial charge in [0.15, 0.2) is 0 Å². The summed E-state index contributed by atoms with van der Waals surface area (Å²) in [4.78, 5) is 17.9. The van der Waals surface area contributed by atoms with Gasteiger partial charge in [-0.2, -0.15) is 0 Å². The fourth-order valence-corrected chi connectivity index (χ4v) is 3.74. The van der Waals surface area contributed by atoms with Crippen LogP contribution in [0, 0.1) is 6.92 Å². The zero-order chi connectivity index (χ0) is 17.3. The van der Waals surface area contributed by atoms with E-state index in [1.54, 1.807) is 11.3 Å². The molecule has 1 saturated carbocycles. The van der Waals surface area contributed by atoms with Crippen molar-refractivity contribution in [2.24, 2.45) is 0 Å². The lowest BCUT2D eigenvalue weighted by Gasteiger charge is -2.16. The van der Waals surface area contributed by atoms with E-state index in [2.05, 4.69) is 34.6 Å². The standard InChI is InChI=1S/C20H20N2O2S/c1-14-16(22-19(24-14)17-8-5-11-25-17)12-18(23)21-13-20(9-10-20)15-6-3-2-4-7-15/h2-8,11H,9-10,12-13H2,1H3,(H,21,23). The van der Waals surface area contributed by atoms with Crippen LogP contribution in [0.5, 0.6) is 0 Å². The van der Waals surface area contributed by atoms with E-state index in [0.29, 0.717) is 23.9 Å². The van der Waals surface area contributed by atoms with Crippen LogP contribution in [0.25, 0.3) is 10.8 Å². The largest absolute Gasteiger partial charge is 0.440 e. The molecule has 0 unspecified atom stereocenters. The molecule has 1 aliphatic carbocycles. The van der Waals surface area contributed by atoms with Gasteiger partial charge < -0.3 is 9.73 Å². The van der Waals surface area contributed by atoms with Gasteiger partial charge in [-0.1, -0.05) is 36.4 Å². The first-order valence-electron chi connectivity index (χ1n) is 8.49. The highest BCUT2D eigenvalue weighted by Crippen LogP contribution is 2.47. The Bertz CT molecular complexity index is 865. The first-order valence-corrected chi connectivity index (χ1v) is 9.37. The van der Waals surface area contributed by atoms with Crippen LogP contribution >= 0.6 is 11.3 Å². The van der Waals surface area contributed by atoms with Gasteiger partial charge in [0, 0.05) is 12.0 Å². The minimum absolute atomic E-state index is 0.00339. The monoisotopic (exact) mass is 352 g/mol. The lowest BCUT2D eigenvalue weighted by Crippen LogP contribution is -2.33. The summed E-state index contributed by atoms with van der Waals surface area (Å²) in [6, 6.07) is 14.4. The molecule has 25 heavy (non-hydrogen) atoms. The predicted octanol–water partition coefficient (Wildman–Crippen LogP) is 4.10. The van der Waals surface area contributed by atoms with Gasteiger partial charge in [-0.15, -0.1) is 11.3 Å². The Morgan fingerprint density at radius 1 is 1.24 bits per heavy atom. The third-order valence-electron chi connectivity index (χ3n) is 4.82. The number of rotatable bonds is 6. The zero-order valence-corrected chi connectivity index (χ0v) is 14.9. The molecule has 0 spiro atoms. The van der Waals surface area contributed by atoms with Crippen LogP contribution in [0.1, 0.15) is 29.9 Å². The molecule has 2 heterocycles. The second kappa shape index (κ2) is 6.48. The molecule has 1 aliphatic rings. The van der Waals surface area contributed by atoms with E-state index < -0.39 is 0 Å². The van der Waals surface area contributed by atoms with E-state index in [1.165, 1.54) is 5.56 Å². The number of nitrogens with one attached hydrogen (secondary N) is 1. The Hall–Kier alpha value is -2.40. The van der Waals surface area contributed by atoms with Crippen LogP contribution in [0.15, 0.2) is 52.3 Å². The lowest BCUT2D eigenvalue weighted by atomic mass is 9.96. The fourth-order valence-electron chi connectivity index (χ4n) is 3.09. The SMILES string of the molecule is Cc1oc(-c2cccs2)nc1CC(=O)NCC1(c2ccccc2)CC1. The maximum Gasteiger partial charge on any atom is 0.236 e. The second-order valence-electron chi connectivity index (χ2n) is 6.60. The minimum Gasteiger partial charge on any atom is -0.440 e. The van der Waals surface area contributed by atoms with Gasteiger partial charge in [0.05, 0.1) is 17.0 Å². The molecule has 0 atom stereocenters. The quantitative estimate of drug-likeness (QED) is 0.726. The van der Waals surface area contributed by atoms with Crippen LogP contribution < -0.4 is 5.32 Å². The number of carbonyl (C=O) groups excluding carboxylic acids is 1. The number of hydrogen-bond acceptors (Lipinski definition) is 4. The normalized spacial score (nSPS) is 15.1. The van der Waals surface area contributed by atoms with Crippen LogP contribution in [0.4, 0.5) is 0 Å². The van der Waals surface area contributed by atoms with Crippen molar-refractivity contribution in [2.45, 2.75) is 31.6 Å². The molecule has 0 bridgehead atoms. The number of benzene rings is 1. The number of oxazole rings is 1. The first-order chi connectivity index (χ1) is 12.2. The van der Waals surface area contributed by atoms with Crippen molar-refractivity contribution in [1.29, 1.82) is 0 Å². The fraction of sp³-hybridized carbons (Fsp3) is 0.300. The van der Waals surface area contributed by atoms with Gasteiger partial charge in [-0.3, -0.25) is 4.79 Å². The predicted molar refractivity (Wildman–Crippen MR) is 98.6 cm³/mol. The first kappa shape index (κ1) is 16.1. The van der Waals surface area contributed by atoms with Gasteiger partial charge in [0.1, 0.15) is 5.76 Å². The number of thiophene rings is 1. The van der Waals surface area contributed by atoms with E-state index in [4.69, 9.17) is 4.42 Å². The van der Waals surface area contributed by atoms with Gasteiger partial charge in [-0.05, 0) is 36.8 Å². The summed E-state index contributed by atoms with van der Waals surface area (Å²) in [6.07, 6.45) is 2.51. The van der Waals surface area contributed by atoms with Crippen molar-refractivity contribution in [3.8, 4) is 10.8 Å². The van der Waals surface area contributed by atoms with E-state index in [0.717, 1.165) is 17.7 Å².